The molecule has 2 aromatic rings. The lowest BCUT2D eigenvalue weighted by Crippen LogP contribution is -2.23. The Morgan fingerprint density at radius 2 is 1.89 bits per heavy atom. The summed E-state index contributed by atoms with van der Waals surface area (Å²) in [5, 5.41) is 22.1. The summed E-state index contributed by atoms with van der Waals surface area (Å²) in [6.07, 6.45) is -1.57. The average molecular weight is 372 g/mol. The first-order valence-corrected chi connectivity index (χ1v) is 7.83. The lowest BCUT2D eigenvalue weighted by molar-refractivity contribution is -0.384. The SMILES string of the molecule is CC(Oc1cccc(NC(=O)CC(=O)c2cccc([N+](=O)[O-])c2)c1)C(=O)O. The number of rotatable bonds is 8. The normalized spacial score (nSPS) is 11.3. The molecule has 0 radical (unpaired) electrons. The van der Waals surface area contributed by atoms with Gasteiger partial charge in [-0.3, -0.25) is 19.7 Å². The Bertz CT molecular complexity index is 895. The number of nitro benzene ring substituents is 1. The molecule has 9 heteroatoms. The van der Waals surface area contributed by atoms with Gasteiger partial charge in [0.05, 0.1) is 11.3 Å². The number of carboxylic acids is 1. The highest BCUT2D eigenvalue weighted by Crippen LogP contribution is 2.19. The first-order chi connectivity index (χ1) is 12.8. The van der Waals surface area contributed by atoms with Crippen LogP contribution in [0.5, 0.6) is 5.75 Å². The van der Waals surface area contributed by atoms with Crippen molar-refractivity contribution in [2.75, 3.05) is 5.32 Å². The zero-order valence-corrected chi connectivity index (χ0v) is 14.2. The minimum absolute atomic E-state index is 0.0618. The van der Waals surface area contributed by atoms with E-state index in [9.17, 15) is 24.5 Å². The van der Waals surface area contributed by atoms with E-state index in [0.717, 1.165) is 6.07 Å². The molecule has 2 N–H and O–H groups in total. The van der Waals surface area contributed by atoms with E-state index in [1.165, 1.54) is 37.3 Å². The smallest absolute Gasteiger partial charge is 0.344 e. The molecule has 0 spiro atoms. The van der Waals surface area contributed by atoms with Crippen molar-refractivity contribution in [1.29, 1.82) is 0 Å². The zero-order valence-electron chi connectivity index (χ0n) is 14.2. The number of nitrogens with one attached hydrogen (secondary N) is 1. The van der Waals surface area contributed by atoms with Crippen molar-refractivity contribution < 1.29 is 29.2 Å². The van der Waals surface area contributed by atoms with Gasteiger partial charge in [-0.05, 0) is 19.1 Å². The molecule has 0 fully saturated rings. The molecule has 140 valence electrons. The van der Waals surface area contributed by atoms with E-state index in [2.05, 4.69) is 5.32 Å². The largest absolute Gasteiger partial charge is 0.479 e. The van der Waals surface area contributed by atoms with Crippen LogP contribution in [0.15, 0.2) is 48.5 Å². The summed E-state index contributed by atoms with van der Waals surface area (Å²) in [6.45, 7) is 1.37. The second kappa shape index (κ2) is 8.56. The van der Waals surface area contributed by atoms with Crippen LogP contribution in [0.25, 0.3) is 0 Å². The Labute approximate surface area is 153 Å². The third kappa shape index (κ3) is 5.63. The van der Waals surface area contributed by atoms with Gasteiger partial charge in [0.25, 0.3) is 5.69 Å². The van der Waals surface area contributed by atoms with Gasteiger partial charge in [-0.2, -0.15) is 0 Å². The van der Waals surface area contributed by atoms with Gasteiger partial charge in [0.1, 0.15) is 5.75 Å². The van der Waals surface area contributed by atoms with Gasteiger partial charge >= 0.3 is 5.97 Å². The molecule has 0 heterocycles. The molecule has 2 aromatic carbocycles. The minimum Gasteiger partial charge on any atom is -0.479 e. The molecule has 0 aromatic heterocycles. The van der Waals surface area contributed by atoms with Crippen LogP contribution in [0.3, 0.4) is 0 Å². The quantitative estimate of drug-likeness (QED) is 0.315. The predicted octanol–water partition coefficient (Wildman–Crippen LogP) is 2.66. The van der Waals surface area contributed by atoms with Crippen LogP contribution >= 0.6 is 0 Å². The summed E-state index contributed by atoms with van der Waals surface area (Å²) in [6, 6.07) is 11.2. The topological polar surface area (TPSA) is 136 Å². The molecular weight excluding hydrogens is 356 g/mol. The van der Waals surface area contributed by atoms with Crippen molar-refractivity contribution in [3.63, 3.8) is 0 Å². The van der Waals surface area contributed by atoms with Crippen molar-refractivity contribution in [1.82, 2.24) is 0 Å². The summed E-state index contributed by atoms with van der Waals surface area (Å²) in [7, 11) is 0. The molecular formula is C18H16N2O7. The van der Waals surface area contributed by atoms with E-state index in [1.807, 2.05) is 0 Å². The van der Waals surface area contributed by atoms with E-state index in [-0.39, 0.29) is 17.0 Å². The Morgan fingerprint density at radius 3 is 2.56 bits per heavy atom. The number of aliphatic carboxylic acids is 1. The third-order valence-corrected chi connectivity index (χ3v) is 3.48. The molecule has 0 aliphatic heterocycles. The number of hydrogen-bond acceptors (Lipinski definition) is 6. The van der Waals surface area contributed by atoms with Crippen molar-refractivity contribution in [2.24, 2.45) is 0 Å². The summed E-state index contributed by atoms with van der Waals surface area (Å²) in [5.41, 5.74) is 0.146. The van der Waals surface area contributed by atoms with E-state index in [4.69, 9.17) is 9.84 Å². The van der Waals surface area contributed by atoms with Crippen molar-refractivity contribution in [2.45, 2.75) is 19.4 Å². The van der Waals surface area contributed by atoms with E-state index in [0.29, 0.717) is 5.69 Å². The summed E-state index contributed by atoms with van der Waals surface area (Å²) in [4.78, 5) is 45.1. The van der Waals surface area contributed by atoms with Crippen LogP contribution in [0.2, 0.25) is 0 Å². The number of nitrogens with zero attached hydrogens (tertiary/aromatic N) is 1. The summed E-state index contributed by atoms with van der Waals surface area (Å²) >= 11 is 0. The Kier molecular flexibility index (Phi) is 6.21. The summed E-state index contributed by atoms with van der Waals surface area (Å²) in [5.74, 6) is -2.07. The van der Waals surface area contributed by atoms with E-state index in [1.54, 1.807) is 12.1 Å². The van der Waals surface area contributed by atoms with Crippen LogP contribution in [0, 0.1) is 10.1 Å². The van der Waals surface area contributed by atoms with Crippen molar-refractivity contribution in [3.05, 3.63) is 64.2 Å². The number of anilines is 1. The number of carbonyl (C=O) groups is 3. The van der Waals surface area contributed by atoms with Gasteiger partial charge in [0, 0.05) is 29.4 Å². The number of nitro groups is 1. The number of carboxylic acid groups (broad SMARTS) is 1. The maximum absolute atomic E-state index is 12.1. The molecule has 0 saturated carbocycles. The van der Waals surface area contributed by atoms with Gasteiger partial charge in [-0.1, -0.05) is 18.2 Å². The zero-order chi connectivity index (χ0) is 20.0. The van der Waals surface area contributed by atoms with Crippen LogP contribution < -0.4 is 10.1 Å². The number of amides is 1. The number of hydrogen-bond donors (Lipinski definition) is 2. The van der Waals surface area contributed by atoms with Crippen LogP contribution in [-0.2, 0) is 9.59 Å². The molecule has 0 saturated heterocycles. The van der Waals surface area contributed by atoms with Gasteiger partial charge in [-0.25, -0.2) is 4.79 Å². The average Bonchev–Trinajstić information content (AvgIpc) is 2.61. The van der Waals surface area contributed by atoms with Gasteiger partial charge in [-0.15, -0.1) is 0 Å². The second-order valence-electron chi connectivity index (χ2n) is 5.58. The van der Waals surface area contributed by atoms with Gasteiger partial charge < -0.3 is 15.2 Å². The number of ether oxygens (including phenoxy) is 1. The molecule has 9 nitrogen and oxygen atoms in total. The number of ketones is 1. The highest BCUT2D eigenvalue weighted by Gasteiger charge is 2.16. The fourth-order valence-electron chi connectivity index (χ4n) is 2.15. The maximum atomic E-state index is 12.1. The van der Waals surface area contributed by atoms with Crippen LogP contribution in [-0.4, -0.2) is 33.8 Å². The molecule has 1 unspecified atom stereocenters. The first kappa shape index (κ1) is 19.6. The minimum atomic E-state index is -1.13. The number of non-ortho nitro benzene ring substituents is 1. The van der Waals surface area contributed by atoms with Crippen LogP contribution in [0.1, 0.15) is 23.7 Å². The standard InChI is InChI=1S/C18H16N2O7/c1-11(18(23)24)27-15-7-3-5-13(9-15)19-17(22)10-16(21)12-4-2-6-14(8-12)20(25)26/h2-9,11H,10H2,1H3,(H,19,22)(H,23,24). The third-order valence-electron chi connectivity index (χ3n) is 3.48. The van der Waals surface area contributed by atoms with Crippen molar-refractivity contribution in [3.8, 4) is 5.75 Å². The lowest BCUT2D eigenvalue weighted by atomic mass is 10.1. The predicted molar refractivity (Wildman–Crippen MR) is 94.8 cm³/mol. The molecule has 0 aliphatic rings. The fourth-order valence-corrected chi connectivity index (χ4v) is 2.15. The Morgan fingerprint density at radius 1 is 1.19 bits per heavy atom. The Hall–Kier alpha value is -3.75. The second-order valence-corrected chi connectivity index (χ2v) is 5.58. The molecule has 0 bridgehead atoms. The maximum Gasteiger partial charge on any atom is 0.344 e. The van der Waals surface area contributed by atoms with Crippen LogP contribution in [0.4, 0.5) is 11.4 Å². The molecule has 2 rings (SSSR count). The molecule has 0 aliphatic carbocycles. The monoisotopic (exact) mass is 372 g/mol. The summed E-state index contributed by atoms with van der Waals surface area (Å²) < 4.78 is 5.20. The fraction of sp³-hybridized carbons (Fsp3) is 0.167. The van der Waals surface area contributed by atoms with Crippen molar-refractivity contribution >= 4 is 29.0 Å². The Balaban J connectivity index is 2.01. The highest BCUT2D eigenvalue weighted by molar-refractivity contribution is 6.11. The van der Waals surface area contributed by atoms with Gasteiger partial charge in [0.2, 0.25) is 5.91 Å². The molecule has 1 amide bonds. The lowest BCUT2D eigenvalue weighted by Gasteiger charge is -2.12. The number of Topliss-reactive ketones (excluding diaryl/α,β-unsaturated/α-hetero) is 1. The van der Waals surface area contributed by atoms with Gasteiger partial charge in [0.15, 0.2) is 11.9 Å². The number of carbonyl (C=O) groups excluding carboxylic acids is 2. The van der Waals surface area contributed by atoms with E-state index < -0.39 is 35.1 Å². The molecule has 1 atom stereocenters. The highest BCUT2D eigenvalue weighted by atomic mass is 16.6. The number of benzene rings is 2. The first-order valence-electron chi connectivity index (χ1n) is 7.83. The van der Waals surface area contributed by atoms with E-state index >= 15 is 0 Å². The molecule has 27 heavy (non-hydrogen) atoms.